The van der Waals surface area contributed by atoms with E-state index < -0.39 is 5.79 Å². The molecule has 0 aromatic carbocycles. The number of rotatable bonds is 2. The van der Waals surface area contributed by atoms with Crippen LogP contribution in [0.1, 0.15) is 0 Å². The van der Waals surface area contributed by atoms with Gasteiger partial charge in [-0.15, -0.1) is 0 Å². The standard InChI is InChI=1S/C21H20N2O2/c1-24-21(25-2)19-15-7-3-4-8-12-11(7)13-9(5-22)10(6-23)14(12)18(16(8)19)20(21)17(13)15/h3-4,7-8,11-20H,1-2H3. The van der Waals surface area contributed by atoms with Crippen LogP contribution in [0.4, 0.5) is 0 Å². The van der Waals surface area contributed by atoms with Gasteiger partial charge in [0.15, 0.2) is 5.79 Å². The monoisotopic (exact) mass is 332 g/mol. The minimum absolute atomic E-state index is 0.259. The molecule has 0 aromatic rings. The number of allylic oxidation sites excluding steroid dienone is 4. The first kappa shape index (κ1) is 13.6. The van der Waals surface area contributed by atoms with E-state index in [0.717, 1.165) is 11.1 Å². The Morgan fingerprint density at radius 3 is 1.60 bits per heavy atom. The molecule has 6 aliphatic rings. The molecule has 0 heterocycles. The van der Waals surface area contributed by atoms with Crippen LogP contribution in [0, 0.1) is 93.7 Å². The van der Waals surface area contributed by atoms with Crippen molar-refractivity contribution >= 4 is 0 Å². The smallest absolute Gasteiger partial charge is 0.174 e. The Bertz CT molecular complexity index is 811. The van der Waals surface area contributed by atoms with Crippen molar-refractivity contribution in [1.82, 2.24) is 0 Å². The van der Waals surface area contributed by atoms with Gasteiger partial charge in [0, 0.05) is 49.0 Å². The van der Waals surface area contributed by atoms with Crippen LogP contribution in [0.25, 0.3) is 0 Å². The van der Waals surface area contributed by atoms with Crippen LogP contribution in [0.5, 0.6) is 0 Å². The molecule has 10 unspecified atom stereocenters. The normalized spacial score (nSPS) is 61.4. The number of hydrogen-bond donors (Lipinski definition) is 0. The van der Waals surface area contributed by atoms with E-state index in [-0.39, 0.29) is 11.8 Å². The van der Waals surface area contributed by atoms with Crippen LogP contribution in [-0.2, 0) is 9.47 Å². The first-order valence-electron chi connectivity index (χ1n) is 9.58. The predicted molar refractivity (Wildman–Crippen MR) is 86.0 cm³/mol. The summed E-state index contributed by atoms with van der Waals surface area (Å²) >= 11 is 0. The number of nitrogens with zero attached hydrogens (tertiary/aromatic N) is 2. The van der Waals surface area contributed by atoms with Gasteiger partial charge in [-0.05, 0) is 47.3 Å². The topological polar surface area (TPSA) is 66.0 Å². The van der Waals surface area contributed by atoms with Gasteiger partial charge in [0.2, 0.25) is 0 Å². The molecule has 0 radical (unpaired) electrons. The Hall–Kier alpha value is -1.62. The summed E-state index contributed by atoms with van der Waals surface area (Å²) in [6, 6.07) is 5.00. The lowest BCUT2D eigenvalue weighted by atomic mass is 9.60. The van der Waals surface area contributed by atoms with E-state index in [1.807, 2.05) is 0 Å². The van der Waals surface area contributed by atoms with Gasteiger partial charge >= 0.3 is 0 Å². The highest BCUT2D eigenvalue weighted by Gasteiger charge is 2.87. The summed E-state index contributed by atoms with van der Waals surface area (Å²) in [5.41, 5.74) is 1.66. The SMILES string of the molecule is COC1(OC)C2C3C4C=CC5C6C7C(C#N)=C(C#N)C(C46)C3C1C7C52. The van der Waals surface area contributed by atoms with E-state index in [4.69, 9.17) is 9.47 Å². The summed E-state index contributed by atoms with van der Waals surface area (Å²) in [6.45, 7) is 0. The van der Waals surface area contributed by atoms with E-state index in [1.54, 1.807) is 14.2 Å². The Morgan fingerprint density at radius 2 is 1.20 bits per heavy atom. The largest absolute Gasteiger partial charge is 0.353 e. The average molecular weight is 332 g/mol. The Morgan fingerprint density at radius 1 is 0.760 bits per heavy atom. The second kappa shape index (κ2) is 3.73. The summed E-state index contributed by atoms with van der Waals surface area (Å²) in [6.07, 6.45) is 4.96. The van der Waals surface area contributed by atoms with Crippen LogP contribution in [0.15, 0.2) is 23.3 Å². The molecule has 4 saturated carbocycles. The molecular weight excluding hydrogens is 312 g/mol. The van der Waals surface area contributed by atoms with Crippen molar-refractivity contribution in [1.29, 1.82) is 10.5 Å². The van der Waals surface area contributed by atoms with Crippen LogP contribution in [0.2, 0.25) is 0 Å². The third-order valence-corrected chi connectivity index (χ3v) is 9.75. The Labute approximate surface area is 147 Å². The lowest BCUT2D eigenvalue weighted by Crippen LogP contribution is -2.43. The van der Waals surface area contributed by atoms with Gasteiger partial charge in [0.1, 0.15) is 0 Å². The van der Waals surface area contributed by atoms with E-state index in [9.17, 15) is 10.5 Å². The molecule has 6 rings (SSSR count). The lowest BCUT2D eigenvalue weighted by molar-refractivity contribution is -0.246. The van der Waals surface area contributed by atoms with Gasteiger partial charge in [-0.2, -0.15) is 10.5 Å². The third kappa shape index (κ3) is 0.980. The highest BCUT2D eigenvalue weighted by Crippen LogP contribution is 2.86. The molecule has 10 atom stereocenters. The fourth-order valence-corrected chi connectivity index (χ4v) is 9.98. The molecule has 4 fully saturated rings. The minimum Gasteiger partial charge on any atom is -0.353 e. The molecule has 0 spiro atoms. The van der Waals surface area contributed by atoms with Crippen molar-refractivity contribution in [3.63, 3.8) is 0 Å². The van der Waals surface area contributed by atoms with Crippen molar-refractivity contribution in [3.05, 3.63) is 23.3 Å². The molecule has 0 saturated heterocycles. The molecule has 0 aliphatic heterocycles. The number of fused-ring (bicyclic) bond motifs is 12. The summed E-state index contributed by atoms with van der Waals surface area (Å²) in [5, 5.41) is 19.9. The zero-order chi connectivity index (χ0) is 16.8. The van der Waals surface area contributed by atoms with E-state index in [2.05, 4.69) is 24.3 Å². The van der Waals surface area contributed by atoms with E-state index in [0.29, 0.717) is 59.2 Å². The highest BCUT2D eigenvalue weighted by atomic mass is 16.7. The maximum absolute atomic E-state index is 9.97. The van der Waals surface area contributed by atoms with E-state index >= 15 is 0 Å². The summed E-state index contributed by atoms with van der Waals surface area (Å²) in [7, 11) is 3.61. The Balaban J connectivity index is 1.61. The third-order valence-electron chi connectivity index (χ3n) is 9.75. The number of methoxy groups -OCH3 is 2. The number of hydrogen-bond acceptors (Lipinski definition) is 4. The van der Waals surface area contributed by atoms with Gasteiger partial charge in [-0.25, -0.2) is 0 Å². The predicted octanol–water partition coefficient (Wildman–Crippen LogP) is 2.37. The van der Waals surface area contributed by atoms with Crippen LogP contribution < -0.4 is 0 Å². The van der Waals surface area contributed by atoms with Gasteiger partial charge in [0.25, 0.3) is 0 Å². The zero-order valence-corrected chi connectivity index (χ0v) is 14.3. The van der Waals surface area contributed by atoms with Gasteiger partial charge in [0.05, 0.1) is 12.1 Å². The molecule has 0 N–H and O–H groups in total. The van der Waals surface area contributed by atoms with Crippen LogP contribution in [0.3, 0.4) is 0 Å². The summed E-state index contributed by atoms with van der Waals surface area (Å²) in [5.74, 6) is 5.08. The van der Waals surface area contributed by atoms with Crippen molar-refractivity contribution in [2.24, 2.45) is 71.0 Å². The van der Waals surface area contributed by atoms with Gasteiger partial charge in [-0.3, -0.25) is 0 Å². The first-order chi connectivity index (χ1) is 12.2. The molecule has 6 aliphatic carbocycles. The van der Waals surface area contributed by atoms with Crippen molar-refractivity contribution in [2.45, 2.75) is 5.79 Å². The fourth-order valence-electron chi connectivity index (χ4n) is 9.98. The maximum atomic E-state index is 9.97. The molecule has 2 bridgehead atoms. The lowest BCUT2D eigenvalue weighted by Gasteiger charge is -2.42. The average Bonchev–Trinajstić information content (AvgIpc) is 3.25. The van der Waals surface area contributed by atoms with Gasteiger partial charge < -0.3 is 9.47 Å². The molecule has 0 amide bonds. The molecule has 4 heteroatoms. The summed E-state index contributed by atoms with van der Waals surface area (Å²) in [4.78, 5) is 0. The summed E-state index contributed by atoms with van der Waals surface area (Å²) < 4.78 is 12.3. The van der Waals surface area contributed by atoms with Crippen LogP contribution in [-0.4, -0.2) is 20.0 Å². The van der Waals surface area contributed by atoms with Crippen molar-refractivity contribution in [3.8, 4) is 12.1 Å². The molecule has 25 heavy (non-hydrogen) atoms. The molecular formula is C21H20N2O2. The molecule has 4 nitrogen and oxygen atoms in total. The quantitative estimate of drug-likeness (QED) is 0.575. The fraction of sp³-hybridized carbons (Fsp3) is 0.714. The van der Waals surface area contributed by atoms with Crippen molar-refractivity contribution in [2.75, 3.05) is 14.2 Å². The minimum atomic E-state index is -0.505. The number of ether oxygens (including phenoxy) is 2. The van der Waals surface area contributed by atoms with Gasteiger partial charge in [-0.1, -0.05) is 12.2 Å². The maximum Gasteiger partial charge on any atom is 0.174 e. The highest BCUT2D eigenvalue weighted by molar-refractivity contribution is 5.53. The second-order valence-electron chi connectivity index (χ2n) is 9.29. The Kier molecular flexibility index (Phi) is 2.02. The number of nitriles is 2. The van der Waals surface area contributed by atoms with Crippen molar-refractivity contribution < 1.29 is 9.47 Å². The van der Waals surface area contributed by atoms with E-state index in [1.165, 1.54) is 0 Å². The second-order valence-corrected chi connectivity index (χ2v) is 9.29. The molecule has 126 valence electrons. The van der Waals surface area contributed by atoms with Crippen LogP contribution >= 0.6 is 0 Å². The first-order valence-corrected chi connectivity index (χ1v) is 9.58. The molecule has 0 aromatic heterocycles. The zero-order valence-electron chi connectivity index (χ0n) is 14.3.